The van der Waals surface area contributed by atoms with Crippen molar-refractivity contribution < 1.29 is 9.53 Å². The Kier molecular flexibility index (Phi) is 5.99. The van der Waals surface area contributed by atoms with Gasteiger partial charge in [-0.05, 0) is 61.6 Å². The molecule has 1 saturated heterocycles. The van der Waals surface area contributed by atoms with Crippen molar-refractivity contribution in [1.82, 2.24) is 4.98 Å². The van der Waals surface area contributed by atoms with E-state index in [0.717, 1.165) is 35.2 Å². The number of ether oxygens (including phenoxy) is 1. The number of anilines is 1. The largest absolute Gasteiger partial charge is 0.376 e. The molecule has 1 amide bonds. The molecule has 0 N–H and O–H groups in total. The summed E-state index contributed by atoms with van der Waals surface area (Å²) in [6.45, 7) is 5.40. The van der Waals surface area contributed by atoms with Crippen LogP contribution in [0.25, 0.3) is 16.3 Å². The molecule has 6 heteroatoms. The van der Waals surface area contributed by atoms with Crippen molar-refractivity contribution in [3.63, 3.8) is 0 Å². The minimum atomic E-state index is -0.117. The van der Waals surface area contributed by atoms with Gasteiger partial charge >= 0.3 is 0 Å². The zero-order valence-electron chi connectivity index (χ0n) is 16.5. The molecule has 1 aromatic heterocycles. The van der Waals surface area contributed by atoms with Crippen LogP contribution < -0.4 is 4.90 Å². The van der Waals surface area contributed by atoms with E-state index in [4.69, 9.17) is 21.3 Å². The molecule has 2 heterocycles. The van der Waals surface area contributed by atoms with Gasteiger partial charge in [0, 0.05) is 17.7 Å². The van der Waals surface area contributed by atoms with Crippen LogP contribution in [0.4, 0.5) is 5.13 Å². The van der Waals surface area contributed by atoms with E-state index in [1.165, 1.54) is 11.1 Å². The van der Waals surface area contributed by atoms with Crippen LogP contribution in [0.15, 0.2) is 42.5 Å². The van der Waals surface area contributed by atoms with E-state index in [9.17, 15) is 4.79 Å². The summed E-state index contributed by atoms with van der Waals surface area (Å²) in [4.78, 5) is 19.7. The first-order chi connectivity index (χ1) is 14.0. The normalized spacial score (nSPS) is 16.7. The summed E-state index contributed by atoms with van der Waals surface area (Å²) in [5, 5.41) is 1.33. The predicted octanol–water partition coefficient (Wildman–Crippen LogP) is 5.79. The topological polar surface area (TPSA) is 42.4 Å². The SMILES string of the molecule is Cc1cc(C)c2sc(N(CC3CCCO3)C(=O)/C=C/c3ccccc3Cl)nc2c1. The smallest absolute Gasteiger partial charge is 0.252 e. The fourth-order valence-electron chi connectivity index (χ4n) is 3.60. The minimum Gasteiger partial charge on any atom is -0.376 e. The van der Waals surface area contributed by atoms with Gasteiger partial charge in [0.05, 0.1) is 22.9 Å². The maximum Gasteiger partial charge on any atom is 0.252 e. The van der Waals surface area contributed by atoms with Crippen LogP contribution in [0.1, 0.15) is 29.5 Å². The van der Waals surface area contributed by atoms with Gasteiger partial charge in [0.25, 0.3) is 5.91 Å². The summed E-state index contributed by atoms with van der Waals surface area (Å²) >= 11 is 7.78. The number of aryl methyl sites for hydroxylation is 2. The van der Waals surface area contributed by atoms with Gasteiger partial charge in [-0.2, -0.15) is 0 Å². The average Bonchev–Trinajstić information content (AvgIpc) is 3.34. The Bertz CT molecular complexity index is 1070. The Balaban J connectivity index is 1.66. The van der Waals surface area contributed by atoms with E-state index >= 15 is 0 Å². The maximum absolute atomic E-state index is 13.2. The number of halogens is 1. The molecule has 0 aliphatic carbocycles. The lowest BCUT2D eigenvalue weighted by Gasteiger charge is -2.21. The Morgan fingerprint density at radius 1 is 1.34 bits per heavy atom. The number of hydrogen-bond donors (Lipinski definition) is 0. The van der Waals surface area contributed by atoms with Gasteiger partial charge in [-0.1, -0.05) is 47.2 Å². The van der Waals surface area contributed by atoms with Crippen LogP contribution in [0.5, 0.6) is 0 Å². The van der Waals surface area contributed by atoms with Gasteiger partial charge in [0.1, 0.15) is 0 Å². The van der Waals surface area contributed by atoms with E-state index in [-0.39, 0.29) is 12.0 Å². The standard InChI is InChI=1S/C23H23ClN2O2S/c1-15-12-16(2)22-20(13-15)25-23(29-22)26(14-18-7-5-11-28-18)21(27)10-9-17-6-3-4-8-19(17)24/h3-4,6,8-10,12-13,18H,5,7,11,14H2,1-2H3/b10-9+. The molecule has 150 valence electrons. The summed E-state index contributed by atoms with van der Waals surface area (Å²) in [6.07, 6.45) is 5.36. The summed E-state index contributed by atoms with van der Waals surface area (Å²) < 4.78 is 6.91. The van der Waals surface area contributed by atoms with Crippen molar-refractivity contribution in [1.29, 1.82) is 0 Å². The molecule has 1 unspecified atom stereocenters. The summed E-state index contributed by atoms with van der Waals surface area (Å²) in [5.41, 5.74) is 4.10. The lowest BCUT2D eigenvalue weighted by Crippen LogP contribution is -2.36. The summed E-state index contributed by atoms with van der Waals surface area (Å²) in [7, 11) is 0. The molecule has 4 nitrogen and oxygen atoms in total. The lowest BCUT2D eigenvalue weighted by molar-refractivity contribution is -0.114. The van der Waals surface area contributed by atoms with Crippen molar-refractivity contribution in [2.75, 3.05) is 18.1 Å². The number of carbonyl (C=O) groups is 1. The zero-order valence-corrected chi connectivity index (χ0v) is 18.1. The van der Waals surface area contributed by atoms with Gasteiger partial charge in [-0.25, -0.2) is 4.98 Å². The molecular formula is C23H23ClN2O2S. The monoisotopic (exact) mass is 426 g/mol. The lowest BCUT2D eigenvalue weighted by atomic mass is 10.1. The molecule has 3 aromatic rings. The average molecular weight is 427 g/mol. The third-order valence-electron chi connectivity index (χ3n) is 5.03. The van der Waals surface area contributed by atoms with Crippen molar-refractivity contribution >= 4 is 50.3 Å². The Labute approximate surface area is 179 Å². The van der Waals surface area contributed by atoms with E-state index in [2.05, 4.69) is 26.0 Å². The van der Waals surface area contributed by atoms with Crippen molar-refractivity contribution in [2.24, 2.45) is 0 Å². The number of rotatable bonds is 5. The van der Waals surface area contributed by atoms with Gasteiger partial charge in [0.15, 0.2) is 5.13 Å². The third kappa shape index (κ3) is 4.53. The molecule has 0 bridgehead atoms. The second-order valence-electron chi connectivity index (χ2n) is 7.37. The molecule has 0 radical (unpaired) electrons. The third-order valence-corrected chi connectivity index (χ3v) is 6.60. The predicted molar refractivity (Wildman–Crippen MR) is 121 cm³/mol. The van der Waals surface area contributed by atoms with Gasteiger partial charge in [-0.3, -0.25) is 9.69 Å². The van der Waals surface area contributed by atoms with Crippen LogP contribution in [0.2, 0.25) is 5.02 Å². The molecule has 2 aromatic carbocycles. The second kappa shape index (κ2) is 8.66. The maximum atomic E-state index is 13.2. The highest BCUT2D eigenvalue weighted by Gasteiger charge is 2.25. The first-order valence-corrected chi connectivity index (χ1v) is 10.9. The highest BCUT2D eigenvalue weighted by Crippen LogP contribution is 2.33. The molecule has 1 atom stereocenters. The van der Waals surface area contributed by atoms with Crippen LogP contribution in [-0.2, 0) is 9.53 Å². The molecule has 1 fully saturated rings. The highest BCUT2D eigenvalue weighted by atomic mass is 35.5. The second-order valence-corrected chi connectivity index (χ2v) is 8.75. The van der Waals surface area contributed by atoms with Gasteiger partial charge in [0.2, 0.25) is 0 Å². The quantitative estimate of drug-likeness (QED) is 0.485. The van der Waals surface area contributed by atoms with Crippen LogP contribution in [0, 0.1) is 13.8 Å². The zero-order chi connectivity index (χ0) is 20.4. The summed E-state index contributed by atoms with van der Waals surface area (Å²) in [5.74, 6) is -0.117. The number of fused-ring (bicyclic) bond motifs is 1. The molecule has 1 aliphatic rings. The minimum absolute atomic E-state index is 0.0440. The van der Waals surface area contributed by atoms with Crippen LogP contribution in [-0.4, -0.2) is 30.1 Å². The number of amides is 1. The first-order valence-electron chi connectivity index (χ1n) is 9.75. The highest BCUT2D eigenvalue weighted by molar-refractivity contribution is 7.22. The van der Waals surface area contributed by atoms with E-state index in [1.54, 1.807) is 28.4 Å². The molecule has 1 aliphatic heterocycles. The van der Waals surface area contributed by atoms with Gasteiger partial charge in [-0.15, -0.1) is 0 Å². The Hall–Kier alpha value is -2.21. The number of nitrogens with zero attached hydrogens (tertiary/aromatic N) is 2. The number of aromatic nitrogens is 1. The number of carbonyl (C=O) groups excluding carboxylic acids is 1. The van der Waals surface area contributed by atoms with Gasteiger partial charge < -0.3 is 4.74 Å². The summed E-state index contributed by atoms with van der Waals surface area (Å²) in [6, 6.07) is 11.7. The van der Waals surface area contributed by atoms with Crippen molar-refractivity contribution in [3.8, 4) is 0 Å². The first kappa shape index (κ1) is 20.1. The molecule has 29 heavy (non-hydrogen) atoms. The molecule has 4 rings (SSSR count). The number of thiazole rings is 1. The Morgan fingerprint density at radius 2 is 2.17 bits per heavy atom. The molecular weight excluding hydrogens is 404 g/mol. The van der Waals surface area contributed by atoms with E-state index in [0.29, 0.717) is 16.7 Å². The fraction of sp³-hybridized carbons (Fsp3) is 0.304. The fourth-order valence-corrected chi connectivity index (χ4v) is 4.83. The van der Waals surface area contributed by atoms with Crippen LogP contribution in [0.3, 0.4) is 0 Å². The van der Waals surface area contributed by atoms with Crippen molar-refractivity contribution in [2.45, 2.75) is 32.8 Å². The number of hydrogen-bond acceptors (Lipinski definition) is 4. The molecule has 0 saturated carbocycles. The van der Waals surface area contributed by atoms with E-state index in [1.807, 2.05) is 24.3 Å². The number of benzene rings is 2. The van der Waals surface area contributed by atoms with Crippen molar-refractivity contribution in [3.05, 3.63) is 64.2 Å². The van der Waals surface area contributed by atoms with Crippen LogP contribution >= 0.6 is 22.9 Å². The van der Waals surface area contributed by atoms with E-state index < -0.39 is 0 Å². The Morgan fingerprint density at radius 3 is 2.93 bits per heavy atom. The molecule has 0 spiro atoms.